The third-order valence-corrected chi connectivity index (χ3v) is 4.15. The van der Waals surface area contributed by atoms with Crippen molar-refractivity contribution in [3.8, 4) is 5.75 Å². The topological polar surface area (TPSA) is 60.5 Å². The summed E-state index contributed by atoms with van der Waals surface area (Å²) < 4.78 is 11.9. The quantitative estimate of drug-likeness (QED) is 0.721. The number of ether oxygens (including phenoxy) is 2. The minimum Gasteiger partial charge on any atom is -0.486 e. The number of anilines is 1. The van der Waals surface area contributed by atoms with Gasteiger partial charge in [-0.2, -0.15) is 0 Å². The van der Waals surface area contributed by atoms with Crippen LogP contribution in [0.2, 0.25) is 0 Å². The zero-order valence-corrected chi connectivity index (χ0v) is 14.3. The monoisotopic (exact) mass is 342 g/mol. The average Bonchev–Trinajstić information content (AvgIpc) is 2.96. The molecule has 0 fully saturated rings. The summed E-state index contributed by atoms with van der Waals surface area (Å²) in [6, 6.07) is 15.2. The number of fused-ring (bicyclic) bond motifs is 1. The number of aromatic nitrogens is 1. The Kier molecular flexibility index (Phi) is 4.96. The highest BCUT2D eigenvalue weighted by atomic mass is 32.1. The third-order valence-electron chi connectivity index (χ3n) is 3.14. The van der Waals surface area contributed by atoms with Gasteiger partial charge in [0.2, 0.25) is 0 Å². The molecule has 0 aliphatic carbocycles. The van der Waals surface area contributed by atoms with Crippen LogP contribution in [0.5, 0.6) is 5.75 Å². The number of rotatable bonds is 5. The van der Waals surface area contributed by atoms with E-state index in [2.05, 4.69) is 10.3 Å². The minimum absolute atomic E-state index is 0.151. The molecule has 1 heterocycles. The Hall–Kier alpha value is -2.60. The van der Waals surface area contributed by atoms with Gasteiger partial charge in [-0.15, -0.1) is 11.3 Å². The van der Waals surface area contributed by atoms with Crippen LogP contribution in [0.25, 0.3) is 10.2 Å². The fourth-order valence-electron chi connectivity index (χ4n) is 2.12. The molecular weight excluding hydrogens is 324 g/mol. The lowest BCUT2D eigenvalue weighted by Gasteiger charge is -2.10. The van der Waals surface area contributed by atoms with Crippen LogP contribution in [0.3, 0.4) is 0 Å². The summed E-state index contributed by atoms with van der Waals surface area (Å²) >= 11 is 1.62. The largest absolute Gasteiger partial charge is 0.486 e. The lowest BCUT2D eigenvalue weighted by Crippen LogP contribution is -2.17. The van der Waals surface area contributed by atoms with Gasteiger partial charge in [0.15, 0.2) is 0 Å². The molecule has 1 aromatic heterocycles. The third kappa shape index (κ3) is 4.23. The van der Waals surface area contributed by atoms with Gasteiger partial charge in [-0.05, 0) is 50.2 Å². The summed E-state index contributed by atoms with van der Waals surface area (Å²) in [7, 11) is 0. The Morgan fingerprint density at radius 1 is 1.17 bits per heavy atom. The molecule has 0 aliphatic heterocycles. The lowest BCUT2D eigenvalue weighted by molar-refractivity contribution is 0.130. The van der Waals surface area contributed by atoms with Crippen LogP contribution in [0.15, 0.2) is 48.5 Å². The van der Waals surface area contributed by atoms with E-state index in [0.29, 0.717) is 12.3 Å². The molecule has 0 atom stereocenters. The summed E-state index contributed by atoms with van der Waals surface area (Å²) in [6.45, 7) is 4.03. The summed E-state index contributed by atoms with van der Waals surface area (Å²) in [5.74, 6) is 0.719. The van der Waals surface area contributed by atoms with E-state index >= 15 is 0 Å². The highest BCUT2D eigenvalue weighted by Crippen LogP contribution is 2.23. The maximum absolute atomic E-state index is 11.5. The number of amides is 1. The van der Waals surface area contributed by atoms with Crippen LogP contribution in [-0.2, 0) is 11.3 Å². The SMILES string of the molecule is CC(C)OC(=O)Nc1ccc(OCc2nc3ccccc3s2)cc1. The molecule has 3 rings (SSSR count). The van der Waals surface area contributed by atoms with Gasteiger partial charge in [0, 0.05) is 5.69 Å². The predicted molar refractivity (Wildman–Crippen MR) is 95.6 cm³/mol. The first kappa shape index (κ1) is 16.3. The van der Waals surface area contributed by atoms with Gasteiger partial charge in [-0.3, -0.25) is 5.32 Å². The number of hydrogen-bond acceptors (Lipinski definition) is 5. The number of benzene rings is 2. The first-order valence-electron chi connectivity index (χ1n) is 7.65. The van der Waals surface area contributed by atoms with E-state index in [-0.39, 0.29) is 6.10 Å². The van der Waals surface area contributed by atoms with Gasteiger partial charge >= 0.3 is 6.09 Å². The average molecular weight is 342 g/mol. The molecule has 0 saturated heterocycles. The van der Waals surface area contributed by atoms with E-state index in [9.17, 15) is 4.79 Å². The fraction of sp³-hybridized carbons (Fsp3) is 0.222. The Morgan fingerprint density at radius 2 is 1.92 bits per heavy atom. The molecule has 0 aliphatic rings. The van der Waals surface area contributed by atoms with E-state index in [1.807, 2.05) is 24.3 Å². The number of thiazole rings is 1. The highest BCUT2D eigenvalue weighted by Gasteiger charge is 2.06. The first-order chi connectivity index (χ1) is 11.6. The number of nitrogens with one attached hydrogen (secondary N) is 1. The molecule has 24 heavy (non-hydrogen) atoms. The molecule has 6 heteroatoms. The second-order valence-electron chi connectivity index (χ2n) is 5.47. The Balaban J connectivity index is 1.57. The molecule has 0 spiro atoms. The molecule has 1 amide bonds. The van der Waals surface area contributed by atoms with Crippen molar-refractivity contribution >= 4 is 33.3 Å². The van der Waals surface area contributed by atoms with E-state index in [1.54, 1.807) is 49.4 Å². The van der Waals surface area contributed by atoms with Gasteiger partial charge in [0.25, 0.3) is 0 Å². The van der Waals surface area contributed by atoms with E-state index < -0.39 is 6.09 Å². The standard InChI is InChI=1S/C18H18N2O3S/c1-12(2)23-18(21)19-13-7-9-14(10-8-13)22-11-17-20-15-5-3-4-6-16(15)24-17/h3-10,12H,11H2,1-2H3,(H,19,21). The summed E-state index contributed by atoms with van der Waals surface area (Å²) in [5, 5.41) is 3.59. The molecule has 1 N–H and O–H groups in total. The smallest absolute Gasteiger partial charge is 0.411 e. The first-order valence-corrected chi connectivity index (χ1v) is 8.47. The van der Waals surface area contributed by atoms with Crippen LogP contribution < -0.4 is 10.1 Å². The van der Waals surface area contributed by atoms with Crippen molar-refractivity contribution in [1.29, 1.82) is 0 Å². The molecule has 0 bridgehead atoms. The van der Waals surface area contributed by atoms with Gasteiger partial charge in [-0.25, -0.2) is 9.78 Å². The Bertz CT molecular complexity index is 795. The minimum atomic E-state index is -0.465. The molecule has 0 unspecified atom stereocenters. The van der Waals surface area contributed by atoms with Gasteiger partial charge < -0.3 is 9.47 Å². The van der Waals surface area contributed by atoms with Crippen molar-refractivity contribution in [2.24, 2.45) is 0 Å². The van der Waals surface area contributed by atoms with Crippen molar-refractivity contribution in [2.45, 2.75) is 26.6 Å². The van der Waals surface area contributed by atoms with Crippen LogP contribution >= 0.6 is 11.3 Å². The second-order valence-corrected chi connectivity index (χ2v) is 6.58. The van der Waals surface area contributed by atoms with Crippen molar-refractivity contribution in [3.63, 3.8) is 0 Å². The van der Waals surface area contributed by atoms with Crippen LogP contribution in [0.1, 0.15) is 18.9 Å². The molecule has 124 valence electrons. The zero-order chi connectivity index (χ0) is 16.9. The van der Waals surface area contributed by atoms with Crippen molar-refractivity contribution < 1.29 is 14.3 Å². The summed E-state index contributed by atoms with van der Waals surface area (Å²) in [6.07, 6.45) is -0.616. The van der Waals surface area contributed by atoms with Crippen molar-refractivity contribution in [2.75, 3.05) is 5.32 Å². The highest BCUT2D eigenvalue weighted by molar-refractivity contribution is 7.18. The molecule has 0 radical (unpaired) electrons. The van der Waals surface area contributed by atoms with Crippen LogP contribution in [0.4, 0.5) is 10.5 Å². The maximum Gasteiger partial charge on any atom is 0.411 e. The maximum atomic E-state index is 11.5. The molecule has 5 nitrogen and oxygen atoms in total. The number of carbonyl (C=O) groups is 1. The number of para-hydroxylation sites is 1. The predicted octanol–water partition coefficient (Wildman–Crippen LogP) is 4.83. The molecule has 0 saturated carbocycles. The van der Waals surface area contributed by atoms with Crippen molar-refractivity contribution in [3.05, 3.63) is 53.5 Å². The fourth-order valence-corrected chi connectivity index (χ4v) is 3.00. The number of nitrogens with zero attached hydrogens (tertiary/aromatic N) is 1. The molecular formula is C18H18N2O3S. The van der Waals surface area contributed by atoms with E-state index in [0.717, 1.165) is 21.0 Å². The molecule has 2 aromatic carbocycles. The van der Waals surface area contributed by atoms with E-state index in [1.165, 1.54) is 0 Å². The van der Waals surface area contributed by atoms with Crippen molar-refractivity contribution in [1.82, 2.24) is 4.98 Å². The van der Waals surface area contributed by atoms with Gasteiger partial charge in [0.05, 0.1) is 16.3 Å². The normalized spacial score (nSPS) is 10.8. The van der Waals surface area contributed by atoms with Crippen LogP contribution in [-0.4, -0.2) is 17.2 Å². The summed E-state index contributed by atoms with van der Waals surface area (Å²) in [5.41, 5.74) is 1.65. The lowest BCUT2D eigenvalue weighted by atomic mass is 10.3. The second kappa shape index (κ2) is 7.31. The summed E-state index contributed by atoms with van der Waals surface area (Å²) in [4.78, 5) is 16.1. The van der Waals surface area contributed by atoms with Crippen LogP contribution in [0, 0.1) is 0 Å². The molecule has 3 aromatic rings. The Labute approximate surface area is 144 Å². The van der Waals surface area contributed by atoms with Gasteiger partial charge in [-0.1, -0.05) is 12.1 Å². The van der Waals surface area contributed by atoms with E-state index in [4.69, 9.17) is 9.47 Å². The number of carbonyl (C=O) groups excluding carboxylic acids is 1. The Morgan fingerprint density at radius 3 is 2.62 bits per heavy atom. The van der Waals surface area contributed by atoms with Gasteiger partial charge in [0.1, 0.15) is 17.4 Å². The zero-order valence-electron chi connectivity index (χ0n) is 13.5. The number of hydrogen-bond donors (Lipinski definition) is 1.